The number of piperidine rings is 1. The highest BCUT2D eigenvalue weighted by molar-refractivity contribution is 7.12. The van der Waals surface area contributed by atoms with E-state index in [0.717, 1.165) is 46.9 Å². The van der Waals surface area contributed by atoms with Gasteiger partial charge in [0, 0.05) is 31.3 Å². The minimum atomic E-state index is 0.105. The largest absolute Gasteiger partial charge is 0.339 e. The second kappa shape index (κ2) is 9.43. The fraction of sp³-hybridized carbons (Fsp3) is 0.609. The van der Waals surface area contributed by atoms with Crippen LogP contribution in [0, 0.1) is 0 Å². The lowest BCUT2D eigenvalue weighted by molar-refractivity contribution is 0.0659. The summed E-state index contributed by atoms with van der Waals surface area (Å²) >= 11 is 1.63. The summed E-state index contributed by atoms with van der Waals surface area (Å²) in [6.07, 6.45) is 8.36. The van der Waals surface area contributed by atoms with E-state index in [9.17, 15) is 4.79 Å². The number of rotatable bonds is 4. The zero-order chi connectivity index (χ0) is 21.1. The Bertz CT molecular complexity index is 918. The van der Waals surface area contributed by atoms with Gasteiger partial charge in [0.05, 0.1) is 6.04 Å². The van der Waals surface area contributed by atoms with Crippen molar-refractivity contribution < 1.29 is 4.79 Å². The minimum absolute atomic E-state index is 0.105. The van der Waals surface area contributed by atoms with Crippen molar-refractivity contribution in [1.82, 2.24) is 19.6 Å². The molecule has 0 N–H and O–H groups in total. The highest BCUT2D eigenvalue weighted by atomic mass is 32.1. The third kappa shape index (κ3) is 4.83. The van der Waals surface area contributed by atoms with E-state index in [-0.39, 0.29) is 5.91 Å². The van der Waals surface area contributed by atoms with Crippen LogP contribution in [0.4, 0.5) is 0 Å². The molecule has 30 heavy (non-hydrogen) atoms. The molecule has 2 aromatic rings. The van der Waals surface area contributed by atoms with Gasteiger partial charge < -0.3 is 9.80 Å². The number of carbonyl (C=O) groups excluding carboxylic acids is 1. The molecule has 6 nitrogen and oxygen atoms in total. The van der Waals surface area contributed by atoms with Gasteiger partial charge in [-0.25, -0.2) is 4.68 Å². The van der Waals surface area contributed by atoms with E-state index in [4.69, 9.17) is 4.99 Å². The number of aryl methyl sites for hydroxylation is 1. The molecule has 0 radical (unpaired) electrons. The maximum atomic E-state index is 12.9. The van der Waals surface area contributed by atoms with Gasteiger partial charge >= 0.3 is 0 Å². The van der Waals surface area contributed by atoms with E-state index in [2.05, 4.69) is 17.0 Å². The van der Waals surface area contributed by atoms with Crippen molar-refractivity contribution in [1.29, 1.82) is 0 Å². The van der Waals surface area contributed by atoms with E-state index < -0.39 is 0 Å². The normalized spacial score (nSPS) is 19.9. The predicted molar refractivity (Wildman–Crippen MR) is 122 cm³/mol. The highest BCUT2D eigenvalue weighted by Crippen LogP contribution is 2.23. The lowest BCUT2D eigenvalue weighted by Gasteiger charge is -2.35. The Balaban J connectivity index is 1.46. The predicted octanol–water partition coefficient (Wildman–Crippen LogP) is 3.55. The number of aromatic nitrogens is 2. The summed E-state index contributed by atoms with van der Waals surface area (Å²) in [5.74, 6) is 0.105. The molecule has 2 fully saturated rings. The van der Waals surface area contributed by atoms with Gasteiger partial charge in [0.15, 0.2) is 0 Å². The summed E-state index contributed by atoms with van der Waals surface area (Å²) in [5, 5.41) is 5.63. The third-order valence-corrected chi connectivity index (χ3v) is 7.57. The molecule has 2 heterocycles. The molecular formula is C23H33N5OS. The Morgan fingerprint density at radius 1 is 1.07 bits per heavy atom. The molecule has 0 atom stereocenters. The van der Waals surface area contributed by atoms with Gasteiger partial charge in [-0.15, -0.1) is 0 Å². The Hall–Kier alpha value is -1.99. The van der Waals surface area contributed by atoms with Crippen molar-refractivity contribution in [3.8, 4) is 10.6 Å². The van der Waals surface area contributed by atoms with Crippen LogP contribution in [0.3, 0.4) is 0 Å². The standard InChI is InChI=1S/C23H33N5OS/c1-26-15-13-20(14-16-26)27(2)22(29)18-11-9-17(10-12-18)21-25-28(3)23(30-21)24-19-7-5-4-6-8-19/h9-12,19-20H,4-8,13-16H2,1-3H3/b24-23+. The van der Waals surface area contributed by atoms with Crippen LogP contribution in [-0.4, -0.2) is 64.8 Å². The zero-order valence-electron chi connectivity index (χ0n) is 18.4. The first-order valence-electron chi connectivity index (χ1n) is 11.2. The molecular weight excluding hydrogens is 394 g/mol. The fourth-order valence-electron chi connectivity index (χ4n) is 4.45. The number of nitrogens with zero attached hydrogens (tertiary/aromatic N) is 5. The zero-order valence-corrected chi connectivity index (χ0v) is 19.2. The van der Waals surface area contributed by atoms with Crippen LogP contribution >= 0.6 is 11.3 Å². The van der Waals surface area contributed by atoms with Crippen molar-refractivity contribution in [2.24, 2.45) is 12.0 Å². The molecule has 162 valence electrons. The average molecular weight is 428 g/mol. The molecule has 0 spiro atoms. The highest BCUT2D eigenvalue weighted by Gasteiger charge is 2.24. The van der Waals surface area contributed by atoms with Crippen molar-refractivity contribution in [2.75, 3.05) is 27.2 Å². The van der Waals surface area contributed by atoms with E-state index in [1.807, 2.05) is 47.9 Å². The smallest absolute Gasteiger partial charge is 0.253 e. The van der Waals surface area contributed by atoms with Crippen molar-refractivity contribution in [3.63, 3.8) is 0 Å². The van der Waals surface area contributed by atoms with Crippen molar-refractivity contribution in [3.05, 3.63) is 34.6 Å². The van der Waals surface area contributed by atoms with Gasteiger partial charge in [0.2, 0.25) is 4.80 Å². The topological polar surface area (TPSA) is 53.7 Å². The first-order valence-corrected chi connectivity index (χ1v) is 12.0. The van der Waals surface area contributed by atoms with Gasteiger partial charge in [-0.05, 0) is 58.0 Å². The fourth-order valence-corrected chi connectivity index (χ4v) is 5.42. The molecule has 1 amide bonds. The van der Waals surface area contributed by atoms with Crippen LogP contribution in [0.5, 0.6) is 0 Å². The Labute approximate surface area is 183 Å². The Kier molecular flexibility index (Phi) is 6.68. The summed E-state index contributed by atoms with van der Waals surface area (Å²) in [6.45, 7) is 2.10. The van der Waals surface area contributed by atoms with Gasteiger partial charge in [-0.1, -0.05) is 42.7 Å². The number of hydrogen-bond acceptors (Lipinski definition) is 5. The molecule has 0 bridgehead atoms. The van der Waals surface area contributed by atoms with Gasteiger partial charge in [0.25, 0.3) is 5.91 Å². The summed E-state index contributed by atoms with van der Waals surface area (Å²) in [6, 6.07) is 8.66. The van der Waals surface area contributed by atoms with E-state index in [1.54, 1.807) is 11.3 Å². The van der Waals surface area contributed by atoms with Crippen LogP contribution in [0.2, 0.25) is 0 Å². The number of benzene rings is 1. The molecule has 1 saturated carbocycles. The van der Waals surface area contributed by atoms with Crippen LogP contribution in [0.1, 0.15) is 55.3 Å². The summed E-state index contributed by atoms with van der Waals surface area (Å²) < 4.78 is 1.89. The van der Waals surface area contributed by atoms with Gasteiger partial charge in [-0.2, -0.15) is 5.10 Å². The van der Waals surface area contributed by atoms with Crippen LogP contribution in [0.25, 0.3) is 10.6 Å². The van der Waals surface area contributed by atoms with Crippen LogP contribution < -0.4 is 4.80 Å². The summed E-state index contributed by atoms with van der Waals surface area (Å²) in [7, 11) is 6.05. The molecule has 4 rings (SSSR count). The first kappa shape index (κ1) is 21.2. The average Bonchev–Trinajstić information content (AvgIpc) is 3.14. The summed E-state index contributed by atoms with van der Waals surface area (Å²) in [4.78, 5) is 23.1. The molecule has 1 aliphatic heterocycles. The number of hydrogen-bond donors (Lipinski definition) is 0. The molecule has 1 saturated heterocycles. The van der Waals surface area contributed by atoms with Crippen LogP contribution in [-0.2, 0) is 7.05 Å². The number of carbonyl (C=O) groups is 1. The van der Waals surface area contributed by atoms with Crippen molar-refractivity contribution >= 4 is 17.2 Å². The molecule has 7 heteroatoms. The first-order chi connectivity index (χ1) is 14.5. The lowest BCUT2D eigenvalue weighted by atomic mass is 9.96. The van der Waals surface area contributed by atoms with Crippen LogP contribution in [0.15, 0.2) is 29.3 Å². The van der Waals surface area contributed by atoms with E-state index in [1.165, 1.54) is 32.1 Å². The second-order valence-electron chi connectivity index (χ2n) is 8.76. The SMILES string of the molecule is CN1CCC(N(C)C(=O)c2ccc(-c3nn(C)/c(=N\C4CCCCC4)s3)cc2)CC1. The maximum absolute atomic E-state index is 12.9. The Morgan fingerprint density at radius 2 is 1.73 bits per heavy atom. The Morgan fingerprint density at radius 3 is 2.40 bits per heavy atom. The minimum Gasteiger partial charge on any atom is -0.339 e. The molecule has 2 aliphatic rings. The van der Waals surface area contributed by atoms with E-state index >= 15 is 0 Å². The van der Waals surface area contributed by atoms with E-state index in [0.29, 0.717) is 12.1 Å². The summed E-state index contributed by atoms with van der Waals surface area (Å²) in [5.41, 5.74) is 1.78. The molecule has 1 aliphatic carbocycles. The monoisotopic (exact) mass is 427 g/mol. The van der Waals surface area contributed by atoms with Crippen molar-refractivity contribution in [2.45, 2.75) is 57.0 Å². The second-order valence-corrected chi connectivity index (χ2v) is 9.72. The molecule has 0 unspecified atom stereocenters. The third-order valence-electron chi connectivity index (χ3n) is 6.51. The maximum Gasteiger partial charge on any atom is 0.253 e. The van der Waals surface area contributed by atoms with Gasteiger partial charge in [-0.3, -0.25) is 9.79 Å². The lowest BCUT2D eigenvalue weighted by Crippen LogP contribution is -2.44. The number of amides is 1. The number of likely N-dealkylation sites (tertiary alicyclic amines) is 1. The van der Waals surface area contributed by atoms with Gasteiger partial charge in [0.1, 0.15) is 5.01 Å². The molecule has 1 aromatic carbocycles. The quantitative estimate of drug-likeness (QED) is 0.750. The molecule has 1 aromatic heterocycles.